The van der Waals surface area contributed by atoms with Gasteiger partial charge in [0.05, 0.1) is 20.8 Å². The summed E-state index contributed by atoms with van der Waals surface area (Å²) < 4.78 is 23.2. The van der Waals surface area contributed by atoms with Crippen LogP contribution in [0.3, 0.4) is 0 Å². The molecule has 7 heteroatoms. The second-order valence-electron chi connectivity index (χ2n) is 11.1. The molecular weight excluding hydrogens is 532 g/mol. The molecule has 0 saturated carbocycles. The van der Waals surface area contributed by atoms with E-state index in [1.165, 1.54) is 122 Å². The molecule has 0 fully saturated rings. The van der Waals surface area contributed by atoms with Gasteiger partial charge in [-0.15, -0.1) is 0 Å². The van der Waals surface area contributed by atoms with Crippen molar-refractivity contribution in [3.8, 4) is 40.1 Å². The average Bonchev–Trinajstić information content (AvgIpc) is 2.99. The van der Waals surface area contributed by atoms with Crippen molar-refractivity contribution in [2.24, 2.45) is 0 Å². The monoisotopic (exact) mass is 582 g/mol. The van der Waals surface area contributed by atoms with E-state index in [1.807, 2.05) is 0 Å². The molecule has 3 aromatic rings. The van der Waals surface area contributed by atoms with Gasteiger partial charge in [-0.3, -0.25) is 4.79 Å². The number of hydrogen-bond donors (Lipinski definition) is 2. The zero-order valence-corrected chi connectivity index (χ0v) is 25.8. The van der Waals surface area contributed by atoms with E-state index in [0.717, 1.165) is 12.8 Å². The Morgan fingerprint density at radius 1 is 0.667 bits per heavy atom. The molecule has 0 saturated heterocycles. The molecule has 7 nitrogen and oxygen atoms in total. The zero-order chi connectivity index (χ0) is 30.2. The smallest absolute Gasteiger partial charge is 0.204 e. The first-order chi connectivity index (χ1) is 20.5. The number of benzene rings is 2. The van der Waals surface area contributed by atoms with Gasteiger partial charge in [-0.1, -0.05) is 103 Å². The van der Waals surface area contributed by atoms with Crippen LogP contribution in [0.4, 0.5) is 0 Å². The molecule has 0 spiro atoms. The predicted molar refractivity (Wildman–Crippen MR) is 169 cm³/mol. The third-order valence-electron chi connectivity index (χ3n) is 7.82. The van der Waals surface area contributed by atoms with Gasteiger partial charge in [-0.25, -0.2) is 0 Å². The number of methoxy groups -OCH3 is 2. The molecule has 0 atom stereocenters. The summed E-state index contributed by atoms with van der Waals surface area (Å²) in [6.07, 6.45) is 20.9. The number of rotatable bonds is 21. The lowest BCUT2D eigenvalue weighted by atomic mass is 10.0. The topological polar surface area (TPSA) is 98.4 Å². The van der Waals surface area contributed by atoms with Crippen LogP contribution in [0.25, 0.3) is 22.3 Å². The molecule has 0 aliphatic heterocycles. The van der Waals surface area contributed by atoms with Gasteiger partial charge in [0, 0.05) is 17.7 Å². The lowest BCUT2D eigenvalue weighted by Gasteiger charge is -2.16. The van der Waals surface area contributed by atoms with Gasteiger partial charge in [0.1, 0.15) is 16.7 Å². The minimum atomic E-state index is -0.314. The van der Waals surface area contributed by atoms with Crippen LogP contribution in [0.15, 0.2) is 39.5 Å². The second-order valence-corrected chi connectivity index (χ2v) is 11.1. The molecule has 2 N–H and O–H groups in total. The Hall–Kier alpha value is -3.35. The molecule has 0 amide bonds. The van der Waals surface area contributed by atoms with Crippen LogP contribution in [0.5, 0.6) is 28.7 Å². The molecule has 0 radical (unpaired) electrons. The molecule has 0 bridgehead atoms. The number of phenolic OH excluding ortho intramolecular Hbond substituents is 2. The van der Waals surface area contributed by atoms with Crippen LogP contribution in [-0.2, 0) is 0 Å². The highest BCUT2D eigenvalue weighted by Gasteiger charge is 2.21. The quantitative estimate of drug-likeness (QED) is 0.0953. The maximum Gasteiger partial charge on any atom is 0.204 e. The van der Waals surface area contributed by atoms with E-state index < -0.39 is 0 Å². The van der Waals surface area contributed by atoms with E-state index in [4.69, 9.17) is 18.6 Å². The molecule has 1 heterocycles. The predicted octanol–water partition coefficient (Wildman–Crippen LogP) is 9.53. The highest BCUT2D eigenvalue weighted by molar-refractivity contribution is 5.90. The molecule has 0 aliphatic rings. The summed E-state index contributed by atoms with van der Waals surface area (Å²) in [5, 5.41) is 19.7. The summed E-state index contributed by atoms with van der Waals surface area (Å²) in [7, 11) is 3.02. The number of hydrogen-bond acceptors (Lipinski definition) is 7. The lowest BCUT2D eigenvalue weighted by Crippen LogP contribution is -2.07. The van der Waals surface area contributed by atoms with Gasteiger partial charge in [0.2, 0.25) is 5.75 Å². The minimum absolute atomic E-state index is 0.244. The standard InChI is InChI=1S/C35H50O7/c1-4-5-6-7-8-9-10-11-12-13-14-15-16-17-18-19-22-41-34-32(39-2)25-31-33(35(34)40-3)29(38)24-30(42-31)26-20-21-27(36)28(37)23-26/h20-21,23-25,36-37H,4-19,22H2,1-3H3. The second kappa shape index (κ2) is 18.2. The van der Waals surface area contributed by atoms with Crippen LogP contribution in [0, 0.1) is 0 Å². The Balaban J connectivity index is 1.43. The highest BCUT2D eigenvalue weighted by Crippen LogP contribution is 2.43. The largest absolute Gasteiger partial charge is 0.504 e. The fourth-order valence-electron chi connectivity index (χ4n) is 5.37. The lowest BCUT2D eigenvalue weighted by molar-refractivity contribution is 0.268. The Labute approximate surface area is 250 Å². The summed E-state index contributed by atoms with van der Waals surface area (Å²) in [6.45, 7) is 2.76. The van der Waals surface area contributed by atoms with Crippen LogP contribution < -0.4 is 19.6 Å². The van der Waals surface area contributed by atoms with Crippen molar-refractivity contribution >= 4 is 11.0 Å². The van der Waals surface area contributed by atoms with Crippen molar-refractivity contribution in [3.05, 3.63) is 40.6 Å². The summed E-state index contributed by atoms with van der Waals surface area (Å²) >= 11 is 0. The molecular formula is C35H50O7. The van der Waals surface area contributed by atoms with Gasteiger partial charge in [-0.2, -0.15) is 0 Å². The first-order valence-electron chi connectivity index (χ1n) is 15.9. The molecule has 0 aliphatic carbocycles. The van der Waals surface area contributed by atoms with Crippen LogP contribution in [0.1, 0.15) is 110 Å². The van der Waals surface area contributed by atoms with E-state index in [1.54, 1.807) is 12.1 Å². The van der Waals surface area contributed by atoms with Gasteiger partial charge >= 0.3 is 0 Å². The van der Waals surface area contributed by atoms with E-state index >= 15 is 0 Å². The van der Waals surface area contributed by atoms with Crippen molar-refractivity contribution in [2.75, 3.05) is 20.8 Å². The average molecular weight is 583 g/mol. The Morgan fingerprint density at radius 2 is 1.24 bits per heavy atom. The highest BCUT2D eigenvalue weighted by atomic mass is 16.5. The number of phenols is 2. The number of fused-ring (bicyclic) bond motifs is 1. The minimum Gasteiger partial charge on any atom is -0.504 e. The maximum atomic E-state index is 13.1. The maximum absolute atomic E-state index is 13.1. The van der Waals surface area contributed by atoms with E-state index in [9.17, 15) is 15.0 Å². The molecule has 3 rings (SSSR count). The first-order valence-corrected chi connectivity index (χ1v) is 15.9. The fourth-order valence-corrected chi connectivity index (χ4v) is 5.37. The van der Waals surface area contributed by atoms with Crippen molar-refractivity contribution in [2.45, 2.75) is 110 Å². The molecule has 1 aromatic heterocycles. The Bertz CT molecular complexity index is 1280. The Morgan fingerprint density at radius 3 is 1.76 bits per heavy atom. The van der Waals surface area contributed by atoms with E-state index in [0.29, 0.717) is 23.7 Å². The van der Waals surface area contributed by atoms with Gasteiger partial charge in [0.15, 0.2) is 28.4 Å². The molecule has 232 valence electrons. The van der Waals surface area contributed by atoms with Crippen LogP contribution >= 0.6 is 0 Å². The van der Waals surface area contributed by atoms with Crippen LogP contribution in [0.2, 0.25) is 0 Å². The van der Waals surface area contributed by atoms with Crippen molar-refractivity contribution < 1.29 is 28.8 Å². The fraction of sp³-hybridized carbons (Fsp3) is 0.571. The summed E-state index contributed by atoms with van der Waals surface area (Å²) in [5.74, 6) is 0.753. The number of aromatic hydroxyl groups is 2. The number of unbranched alkanes of at least 4 members (excludes halogenated alkanes) is 15. The van der Waals surface area contributed by atoms with Crippen molar-refractivity contribution in [1.82, 2.24) is 0 Å². The van der Waals surface area contributed by atoms with E-state index in [2.05, 4.69) is 6.92 Å². The third kappa shape index (κ3) is 9.88. The normalized spacial score (nSPS) is 11.2. The summed E-state index contributed by atoms with van der Waals surface area (Å²) in [5.41, 5.74) is 0.408. The van der Waals surface area contributed by atoms with Gasteiger partial charge < -0.3 is 28.8 Å². The third-order valence-corrected chi connectivity index (χ3v) is 7.82. The Kier molecular flexibility index (Phi) is 14.4. The van der Waals surface area contributed by atoms with Crippen molar-refractivity contribution in [1.29, 1.82) is 0 Å². The summed E-state index contributed by atoms with van der Waals surface area (Å²) in [4.78, 5) is 13.1. The molecule has 42 heavy (non-hydrogen) atoms. The van der Waals surface area contributed by atoms with Crippen LogP contribution in [-0.4, -0.2) is 31.0 Å². The van der Waals surface area contributed by atoms with Gasteiger partial charge in [-0.05, 0) is 24.6 Å². The number of ether oxygens (including phenoxy) is 3. The molecule has 2 aromatic carbocycles. The SMILES string of the molecule is CCCCCCCCCCCCCCCCCCOc1c(OC)cc2oc(-c3ccc(O)c(O)c3)cc(=O)c2c1OC. The zero-order valence-electron chi connectivity index (χ0n) is 25.8. The van der Waals surface area contributed by atoms with Crippen molar-refractivity contribution in [3.63, 3.8) is 0 Å². The van der Waals surface area contributed by atoms with Gasteiger partial charge in [0.25, 0.3) is 0 Å². The first kappa shape index (κ1) is 33.2. The van der Waals surface area contributed by atoms with E-state index in [-0.39, 0.29) is 39.4 Å². The molecule has 0 unspecified atom stereocenters. The summed E-state index contributed by atoms with van der Waals surface area (Å²) in [6, 6.07) is 7.19.